The van der Waals surface area contributed by atoms with E-state index in [1.165, 1.54) is 0 Å². The zero-order valence-corrected chi connectivity index (χ0v) is 15.7. The number of rotatable bonds is 0. The quantitative estimate of drug-likeness (QED) is 0.748. The molecule has 8 heteroatoms. The lowest BCUT2D eigenvalue weighted by Crippen LogP contribution is -2.55. The van der Waals surface area contributed by atoms with Crippen LogP contribution in [0.15, 0.2) is 30.4 Å². The number of hydrogen-bond acceptors (Lipinski definition) is 7. The fraction of sp³-hybridized carbons (Fsp3) is 0.526. The maximum atomic E-state index is 12.8. The van der Waals surface area contributed by atoms with Gasteiger partial charge in [-0.25, -0.2) is 14.8 Å². The van der Waals surface area contributed by atoms with Crippen LogP contribution >= 0.6 is 0 Å². The molecule has 1 N–H and O–H groups in total. The van der Waals surface area contributed by atoms with Crippen molar-refractivity contribution >= 4 is 11.9 Å². The highest BCUT2D eigenvalue weighted by atomic mass is 16.6. The van der Waals surface area contributed by atoms with E-state index in [1.807, 2.05) is 39.1 Å². The Bertz CT molecular complexity index is 859. The van der Waals surface area contributed by atoms with Crippen LogP contribution in [-0.2, 0) is 15.9 Å². The number of ether oxygens (including phenoxy) is 2. The van der Waals surface area contributed by atoms with Gasteiger partial charge in [-0.05, 0) is 26.8 Å². The Morgan fingerprint density at radius 3 is 3.04 bits per heavy atom. The summed E-state index contributed by atoms with van der Waals surface area (Å²) in [4.78, 5) is 25.7. The van der Waals surface area contributed by atoms with Gasteiger partial charge in [0.15, 0.2) is 0 Å². The Balaban J connectivity index is 1.55. The summed E-state index contributed by atoms with van der Waals surface area (Å²) in [6.07, 6.45) is 7.89. The van der Waals surface area contributed by atoms with Crippen LogP contribution in [0.25, 0.3) is 0 Å². The first-order valence-electron chi connectivity index (χ1n) is 9.32. The highest BCUT2D eigenvalue weighted by Crippen LogP contribution is 2.41. The van der Waals surface area contributed by atoms with E-state index in [-0.39, 0.29) is 24.4 Å². The highest BCUT2D eigenvalue weighted by Gasteiger charge is 2.46. The topological polar surface area (TPSA) is 79.8 Å². The minimum atomic E-state index is -0.545. The summed E-state index contributed by atoms with van der Waals surface area (Å²) < 4.78 is 11.8. The zero-order chi connectivity index (χ0) is 18.8. The van der Waals surface area contributed by atoms with Crippen LogP contribution in [-0.4, -0.2) is 51.8 Å². The molecule has 5 rings (SSSR count). The number of anilines is 1. The molecule has 1 aromatic heterocycles. The number of aromatic nitrogens is 2. The van der Waals surface area contributed by atoms with Crippen molar-refractivity contribution in [3.8, 4) is 0 Å². The number of fused-ring (bicyclic) bond motifs is 5. The predicted molar refractivity (Wildman–Crippen MR) is 97.8 cm³/mol. The maximum absolute atomic E-state index is 12.8. The van der Waals surface area contributed by atoms with Crippen LogP contribution in [0.1, 0.15) is 38.3 Å². The van der Waals surface area contributed by atoms with E-state index in [4.69, 9.17) is 9.47 Å². The van der Waals surface area contributed by atoms with E-state index >= 15 is 0 Å². The number of amides is 1. The molecule has 142 valence electrons. The normalized spacial score (nSPS) is 28.3. The first-order valence-corrected chi connectivity index (χ1v) is 9.32. The van der Waals surface area contributed by atoms with Gasteiger partial charge >= 0.3 is 6.09 Å². The number of allylic oxidation sites excluding steroid dienone is 1. The van der Waals surface area contributed by atoms with Crippen molar-refractivity contribution in [1.29, 1.82) is 0 Å². The zero-order valence-electron chi connectivity index (χ0n) is 15.7. The van der Waals surface area contributed by atoms with Crippen molar-refractivity contribution < 1.29 is 14.3 Å². The van der Waals surface area contributed by atoms with Crippen LogP contribution in [0.4, 0.5) is 10.6 Å². The molecule has 27 heavy (non-hydrogen) atoms. The molecular weight excluding hydrogens is 346 g/mol. The molecule has 0 radical (unpaired) electrons. The van der Waals surface area contributed by atoms with Crippen molar-refractivity contribution in [3.05, 3.63) is 41.6 Å². The molecular formula is C19H23N5O3. The van der Waals surface area contributed by atoms with Crippen molar-refractivity contribution in [2.24, 2.45) is 0 Å². The van der Waals surface area contributed by atoms with Gasteiger partial charge in [0.2, 0.25) is 0 Å². The summed E-state index contributed by atoms with van der Waals surface area (Å²) in [6.45, 7) is 6.92. The minimum absolute atomic E-state index is 0.0774. The molecule has 4 aliphatic heterocycles. The summed E-state index contributed by atoms with van der Waals surface area (Å²) in [5.41, 5.74) is 2.29. The van der Waals surface area contributed by atoms with Crippen LogP contribution in [0.3, 0.4) is 0 Å². The van der Waals surface area contributed by atoms with E-state index in [9.17, 15) is 4.79 Å². The van der Waals surface area contributed by atoms with Gasteiger partial charge in [0.1, 0.15) is 24.0 Å². The molecule has 2 bridgehead atoms. The van der Waals surface area contributed by atoms with Crippen molar-refractivity contribution in [2.75, 3.05) is 18.1 Å². The summed E-state index contributed by atoms with van der Waals surface area (Å²) in [6, 6.07) is -0.239. The molecule has 8 nitrogen and oxygen atoms in total. The number of nitrogens with zero attached hydrogens (tertiary/aromatic N) is 4. The van der Waals surface area contributed by atoms with Gasteiger partial charge in [-0.15, -0.1) is 0 Å². The average molecular weight is 369 g/mol. The molecule has 1 aromatic rings. The minimum Gasteiger partial charge on any atom is -0.443 e. The predicted octanol–water partition coefficient (Wildman–Crippen LogP) is 1.86. The largest absolute Gasteiger partial charge is 0.443 e. The highest BCUT2D eigenvalue weighted by molar-refractivity contribution is 5.75. The van der Waals surface area contributed by atoms with Crippen LogP contribution < -0.4 is 10.2 Å². The van der Waals surface area contributed by atoms with E-state index in [0.717, 1.165) is 35.7 Å². The molecule has 4 aliphatic rings. The van der Waals surface area contributed by atoms with E-state index in [0.29, 0.717) is 6.61 Å². The van der Waals surface area contributed by atoms with Gasteiger partial charge in [0.25, 0.3) is 0 Å². The molecule has 0 spiro atoms. The Morgan fingerprint density at radius 1 is 1.37 bits per heavy atom. The van der Waals surface area contributed by atoms with Gasteiger partial charge in [0.05, 0.1) is 35.6 Å². The fourth-order valence-electron chi connectivity index (χ4n) is 4.14. The molecule has 0 saturated heterocycles. The van der Waals surface area contributed by atoms with Crippen molar-refractivity contribution in [2.45, 2.75) is 51.1 Å². The first kappa shape index (κ1) is 16.7. The van der Waals surface area contributed by atoms with Gasteiger partial charge in [-0.2, -0.15) is 0 Å². The Labute approximate surface area is 157 Å². The molecule has 0 saturated carbocycles. The Morgan fingerprint density at radius 2 is 2.22 bits per heavy atom. The lowest BCUT2D eigenvalue weighted by Gasteiger charge is -2.41. The van der Waals surface area contributed by atoms with Gasteiger partial charge in [0, 0.05) is 19.2 Å². The van der Waals surface area contributed by atoms with Crippen LogP contribution in [0.5, 0.6) is 0 Å². The lowest BCUT2D eigenvalue weighted by molar-refractivity contribution is 0.00429. The Kier molecular flexibility index (Phi) is 3.57. The summed E-state index contributed by atoms with van der Waals surface area (Å²) in [5, 5.41) is 3.40. The van der Waals surface area contributed by atoms with Crippen LogP contribution in [0.2, 0.25) is 0 Å². The van der Waals surface area contributed by atoms with E-state index in [1.54, 1.807) is 11.2 Å². The smallest absolute Gasteiger partial charge is 0.415 e. The molecule has 3 atom stereocenters. The van der Waals surface area contributed by atoms with E-state index in [2.05, 4.69) is 20.2 Å². The SMILES string of the molecule is CC(C)(C)OC(=O)N1C2=CN3c4ncnc5c4C(NCC5)OCC3C1C=C2. The monoisotopic (exact) mass is 369 g/mol. The second kappa shape index (κ2) is 5.77. The maximum Gasteiger partial charge on any atom is 0.415 e. The Hall–Kier alpha value is -2.45. The second-order valence-electron chi connectivity index (χ2n) is 8.20. The third-order valence-corrected chi connectivity index (χ3v) is 5.23. The molecule has 0 aliphatic carbocycles. The standard InChI is InChI=1S/C19H23N5O3/c1-19(2,3)27-18(25)24-11-4-5-13(24)14-9-26-17-15-12(6-7-20-17)21-10-22-16(15)23(14)8-11/h4-5,8,10,13-14,17,20H,6-7,9H2,1-3H3. The van der Waals surface area contributed by atoms with Crippen LogP contribution in [0, 0.1) is 0 Å². The summed E-state index contributed by atoms with van der Waals surface area (Å²) >= 11 is 0. The first-order chi connectivity index (χ1) is 12.9. The van der Waals surface area contributed by atoms with Gasteiger partial charge in [-0.1, -0.05) is 6.08 Å². The van der Waals surface area contributed by atoms with Gasteiger partial charge in [-0.3, -0.25) is 10.2 Å². The number of carbonyl (C=O) groups excluding carboxylic acids is 1. The van der Waals surface area contributed by atoms with E-state index < -0.39 is 5.60 Å². The summed E-state index contributed by atoms with van der Waals surface area (Å²) in [5.74, 6) is 0.856. The molecule has 0 aromatic carbocycles. The fourth-order valence-corrected chi connectivity index (χ4v) is 4.14. The number of carbonyl (C=O) groups is 1. The third kappa shape index (κ3) is 2.62. The second-order valence-corrected chi connectivity index (χ2v) is 8.20. The van der Waals surface area contributed by atoms with Gasteiger partial charge < -0.3 is 14.4 Å². The molecule has 0 fully saturated rings. The number of hydrogen-bond donors (Lipinski definition) is 1. The van der Waals surface area contributed by atoms with Crippen molar-refractivity contribution in [3.63, 3.8) is 0 Å². The van der Waals surface area contributed by atoms with Crippen molar-refractivity contribution in [1.82, 2.24) is 20.2 Å². The molecule has 3 unspecified atom stereocenters. The lowest BCUT2D eigenvalue weighted by atomic mass is 10.0. The third-order valence-electron chi connectivity index (χ3n) is 5.23. The number of nitrogens with one attached hydrogen (secondary N) is 1. The summed E-state index contributed by atoms with van der Waals surface area (Å²) in [7, 11) is 0. The molecule has 1 amide bonds. The average Bonchev–Trinajstić information content (AvgIpc) is 2.84. The molecule has 5 heterocycles.